The van der Waals surface area contributed by atoms with Crippen LogP contribution in [0.3, 0.4) is 0 Å². The van der Waals surface area contributed by atoms with Gasteiger partial charge in [-0.1, -0.05) is 6.07 Å². The van der Waals surface area contributed by atoms with Gasteiger partial charge >= 0.3 is 5.69 Å². The zero-order valence-corrected chi connectivity index (χ0v) is 16.6. The molecule has 1 heterocycles. The molecule has 11 heteroatoms. The summed E-state index contributed by atoms with van der Waals surface area (Å²) in [7, 11) is -3.81. The molecule has 0 radical (unpaired) electrons. The fraction of sp³-hybridized carbons (Fsp3) is 0.316. The number of amides is 1. The Morgan fingerprint density at radius 1 is 1.23 bits per heavy atom. The van der Waals surface area contributed by atoms with Crippen molar-refractivity contribution < 1.29 is 27.6 Å². The Kier molecular flexibility index (Phi) is 6.44. The number of sulfonamides is 1. The molecule has 2 N–H and O–H groups in total. The van der Waals surface area contributed by atoms with Crippen LogP contribution < -0.4 is 5.32 Å². The molecule has 0 aromatic heterocycles. The van der Waals surface area contributed by atoms with Crippen molar-refractivity contribution in [2.24, 2.45) is 5.92 Å². The van der Waals surface area contributed by atoms with E-state index in [1.807, 2.05) is 0 Å². The average molecular weight is 437 g/mol. The summed E-state index contributed by atoms with van der Waals surface area (Å²) in [5, 5.41) is 22.5. The topological polar surface area (TPSA) is 130 Å². The van der Waals surface area contributed by atoms with E-state index in [1.165, 1.54) is 34.6 Å². The van der Waals surface area contributed by atoms with Gasteiger partial charge in [-0.15, -0.1) is 0 Å². The first-order chi connectivity index (χ1) is 14.2. The highest BCUT2D eigenvalue weighted by molar-refractivity contribution is 7.89. The van der Waals surface area contributed by atoms with Gasteiger partial charge in [-0.05, 0) is 49.1 Å². The van der Waals surface area contributed by atoms with Crippen molar-refractivity contribution in [2.45, 2.75) is 17.7 Å². The maximum atomic E-state index is 13.4. The second-order valence-electron chi connectivity index (χ2n) is 6.94. The predicted octanol–water partition coefficient (Wildman–Crippen LogP) is 2.38. The molecular weight excluding hydrogens is 417 g/mol. The first-order valence-electron chi connectivity index (χ1n) is 9.18. The number of nitrogens with one attached hydrogen (secondary N) is 1. The van der Waals surface area contributed by atoms with Crippen LogP contribution in [-0.4, -0.2) is 48.4 Å². The number of hydrogen-bond donors (Lipinski definition) is 2. The first-order valence-corrected chi connectivity index (χ1v) is 10.6. The molecule has 9 nitrogen and oxygen atoms in total. The number of benzene rings is 2. The molecule has 2 aromatic carbocycles. The van der Waals surface area contributed by atoms with Crippen molar-refractivity contribution in [3.05, 3.63) is 64.0 Å². The number of halogens is 1. The monoisotopic (exact) mass is 437 g/mol. The van der Waals surface area contributed by atoms with Crippen molar-refractivity contribution in [3.8, 4) is 0 Å². The third kappa shape index (κ3) is 4.64. The summed E-state index contributed by atoms with van der Waals surface area (Å²) < 4.78 is 40.5. The van der Waals surface area contributed by atoms with E-state index in [9.17, 15) is 32.8 Å². The number of hydrogen-bond acceptors (Lipinski definition) is 6. The summed E-state index contributed by atoms with van der Waals surface area (Å²) in [5.41, 5.74) is -0.740. The van der Waals surface area contributed by atoms with Gasteiger partial charge in [0.25, 0.3) is 5.91 Å². The number of rotatable bonds is 6. The molecule has 160 valence electrons. The Labute approximate surface area is 172 Å². The lowest BCUT2D eigenvalue weighted by molar-refractivity contribution is -0.387. The summed E-state index contributed by atoms with van der Waals surface area (Å²) in [6.45, 7) is 0.581. The Hall–Kier alpha value is -2.89. The quantitative estimate of drug-likeness (QED) is 0.527. The number of nitro groups is 1. The zero-order valence-electron chi connectivity index (χ0n) is 15.8. The van der Waals surface area contributed by atoms with Gasteiger partial charge in [0, 0.05) is 37.0 Å². The van der Waals surface area contributed by atoms with E-state index in [2.05, 4.69) is 5.32 Å². The number of nitrogens with zero attached hydrogens (tertiary/aromatic N) is 2. The molecule has 1 saturated heterocycles. The predicted molar refractivity (Wildman–Crippen MR) is 106 cm³/mol. The third-order valence-electron chi connectivity index (χ3n) is 4.97. The van der Waals surface area contributed by atoms with Gasteiger partial charge in [0.2, 0.25) is 15.8 Å². The van der Waals surface area contributed by atoms with E-state index in [0.29, 0.717) is 12.8 Å². The average Bonchev–Trinajstić information content (AvgIpc) is 2.75. The van der Waals surface area contributed by atoms with Crippen LogP contribution in [0.2, 0.25) is 0 Å². The van der Waals surface area contributed by atoms with Gasteiger partial charge in [0.05, 0.1) is 9.82 Å². The highest BCUT2D eigenvalue weighted by Gasteiger charge is 2.29. The minimum atomic E-state index is -3.81. The Morgan fingerprint density at radius 3 is 2.57 bits per heavy atom. The number of piperidine rings is 1. The Morgan fingerprint density at radius 2 is 1.93 bits per heavy atom. The Balaban J connectivity index is 1.79. The smallest absolute Gasteiger partial charge is 0.306 e. The molecule has 2 aromatic rings. The number of nitro benzene ring substituents is 1. The maximum absolute atomic E-state index is 13.4. The standard InChI is InChI=1S/C19H20FN3O6S/c20-17-5-4-15(11-18(17)23(26)27)21-19(25)14-2-1-3-16(10-14)30(28,29)22-8-6-13(12-24)7-9-22/h1-5,10-11,13,24H,6-9,12H2,(H,21,25). The van der Waals surface area contributed by atoms with Crippen LogP contribution in [0.4, 0.5) is 15.8 Å². The number of carbonyl (C=O) groups is 1. The van der Waals surface area contributed by atoms with Crippen LogP contribution in [0.5, 0.6) is 0 Å². The number of anilines is 1. The van der Waals surface area contributed by atoms with Crippen LogP contribution in [0.15, 0.2) is 47.4 Å². The molecule has 30 heavy (non-hydrogen) atoms. The van der Waals surface area contributed by atoms with Crippen LogP contribution >= 0.6 is 0 Å². The fourth-order valence-corrected chi connectivity index (χ4v) is 4.73. The van der Waals surface area contributed by atoms with E-state index in [4.69, 9.17) is 0 Å². The fourth-order valence-electron chi connectivity index (χ4n) is 3.21. The normalized spacial score (nSPS) is 15.7. The molecule has 0 saturated carbocycles. The maximum Gasteiger partial charge on any atom is 0.306 e. The van der Waals surface area contributed by atoms with Gasteiger partial charge in [-0.3, -0.25) is 14.9 Å². The highest BCUT2D eigenvalue weighted by Crippen LogP contribution is 2.25. The van der Waals surface area contributed by atoms with Crippen molar-refractivity contribution in [1.29, 1.82) is 0 Å². The van der Waals surface area contributed by atoms with E-state index >= 15 is 0 Å². The number of carbonyl (C=O) groups excluding carboxylic acids is 1. The number of aliphatic hydroxyl groups excluding tert-OH is 1. The van der Waals surface area contributed by atoms with Crippen LogP contribution in [0, 0.1) is 21.8 Å². The van der Waals surface area contributed by atoms with Crippen LogP contribution in [0.1, 0.15) is 23.2 Å². The molecule has 0 unspecified atom stereocenters. The Bertz CT molecular complexity index is 1070. The molecule has 0 atom stereocenters. The SMILES string of the molecule is O=C(Nc1ccc(F)c([N+](=O)[O-])c1)c1cccc(S(=O)(=O)N2CCC(CO)CC2)c1. The van der Waals surface area contributed by atoms with Crippen molar-refractivity contribution in [2.75, 3.05) is 25.0 Å². The molecule has 1 fully saturated rings. The molecular formula is C19H20FN3O6S. The molecule has 3 rings (SSSR count). The number of aliphatic hydroxyl groups is 1. The van der Waals surface area contributed by atoms with Gasteiger partial charge in [-0.25, -0.2) is 8.42 Å². The molecule has 0 aliphatic carbocycles. The van der Waals surface area contributed by atoms with Crippen molar-refractivity contribution in [1.82, 2.24) is 4.31 Å². The molecule has 1 amide bonds. The lowest BCUT2D eigenvalue weighted by Crippen LogP contribution is -2.39. The zero-order chi connectivity index (χ0) is 21.9. The summed E-state index contributed by atoms with van der Waals surface area (Å²) in [6, 6.07) is 8.36. The minimum absolute atomic E-state index is 0.00689. The lowest BCUT2D eigenvalue weighted by atomic mass is 10.00. The highest BCUT2D eigenvalue weighted by atomic mass is 32.2. The van der Waals surface area contributed by atoms with Crippen LogP contribution in [-0.2, 0) is 10.0 Å². The molecule has 0 bridgehead atoms. The minimum Gasteiger partial charge on any atom is -0.396 e. The van der Waals surface area contributed by atoms with Gasteiger partial charge in [0.15, 0.2) is 0 Å². The van der Waals surface area contributed by atoms with Gasteiger partial charge in [0.1, 0.15) is 0 Å². The van der Waals surface area contributed by atoms with Gasteiger partial charge < -0.3 is 10.4 Å². The van der Waals surface area contributed by atoms with Crippen molar-refractivity contribution in [3.63, 3.8) is 0 Å². The van der Waals surface area contributed by atoms with E-state index in [-0.39, 0.29) is 41.8 Å². The summed E-state index contributed by atoms with van der Waals surface area (Å²) in [6.07, 6.45) is 1.11. The van der Waals surface area contributed by atoms with Crippen LogP contribution in [0.25, 0.3) is 0 Å². The lowest BCUT2D eigenvalue weighted by Gasteiger charge is -2.30. The van der Waals surface area contributed by atoms with Gasteiger partial charge in [-0.2, -0.15) is 8.70 Å². The molecule has 0 spiro atoms. The van der Waals surface area contributed by atoms with E-state index < -0.39 is 32.4 Å². The summed E-state index contributed by atoms with van der Waals surface area (Å²) >= 11 is 0. The van der Waals surface area contributed by atoms with Crippen molar-refractivity contribution >= 4 is 27.3 Å². The second-order valence-corrected chi connectivity index (χ2v) is 8.87. The third-order valence-corrected chi connectivity index (χ3v) is 6.86. The molecule has 1 aliphatic heterocycles. The summed E-state index contributed by atoms with van der Waals surface area (Å²) in [5.74, 6) is -1.64. The summed E-state index contributed by atoms with van der Waals surface area (Å²) in [4.78, 5) is 22.4. The largest absolute Gasteiger partial charge is 0.396 e. The second kappa shape index (κ2) is 8.86. The first kappa shape index (κ1) is 21.8. The van der Waals surface area contributed by atoms with E-state index in [1.54, 1.807) is 0 Å². The molecule has 1 aliphatic rings. The van der Waals surface area contributed by atoms with E-state index in [0.717, 1.165) is 12.1 Å².